The molecule has 1 aromatic rings. The molecule has 0 spiro atoms. The number of hydrogen-bond acceptors (Lipinski definition) is 4. The van der Waals surface area contributed by atoms with Gasteiger partial charge in [-0.15, -0.1) is 0 Å². The van der Waals surface area contributed by atoms with Crippen molar-refractivity contribution < 1.29 is 9.72 Å². The molecule has 6 nitrogen and oxygen atoms in total. The van der Waals surface area contributed by atoms with E-state index in [1.807, 2.05) is 0 Å². The maximum absolute atomic E-state index is 11.9. The van der Waals surface area contributed by atoms with Crippen LogP contribution >= 0.6 is 0 Å². The number of amides is 1. The number of nitro benzene ring substituents is 1. The fourth-order valence-corrected chi connectivity index (χ4v) is 2.07. The molecule has 1 amide bonds. The number of nitrogens with one attached hydrogen (secondary N) is 2. The molecule has 1 unspecified atom stereocenters. The maximum atomic E-state index is 11.9. The highest BCUT2D eigenvalue weighted by Gasteiger charge is 2.23. The average Bonchev–Trinajstić information content (AvgIpc) is 2.85. The van der Waals surface area contributed by atoms with Gasteiger partial charge in [-0.1, -0.05) is 6.07 Å². The summed E-state index contributed by atoms with van der Waals surface area (Å²) in [5, 5.41) is 16.7. The molecule has 2 rings (SSSR count). The first-order valence-electron chi connectivity index (χ1n) is 5.85. The molecule has 1 fully saturated rings. The second-order valence-electron chi connectivity index (χ2n) is 4.39. The van der Waals surface area contributed by atoms with Crippen molar-refractivity contribution in [3.8, 4) is 0 Å². The van der Waals surface area contributed by atoms with Crippen molar-refractivity contribution in [3.63, 3.8) is 0 Å². The van der Waals surface area contributed by atoms with E-state index in [1.165, 1.54) is 6.07 Å². The second kappa shape index (κ2) is 5.14. The van der Waals surface area contributed by atoms with Crippen LogP contribution in [0.5, 0.6) is 0 Å². The Hall–Kier alpha value is -1.95. The van der Waals surface area contributed by atoms with Crippen molar-refractivity contribution in [3.05, 3.63) is 33.9 Å². The Morgan fingerprint density at radius 1 is 1.56 bits per heavy atom. The molecule has 96 valence electrons. The molecule has 1 atom stereocenters. The van der Waals surface area contributed by atoms with Crippen molar-refractivity contribution in [2.24, 2.45) is 5.92 Å². The quantitative estimate of drug-likeness (QED) is 0.627. The van der Waals surface area contributed by atoms with E-state index in [9.17, 15) is 14.9 Å². The second-order valence-corrected chi connectivity index (χ2v) is 4.39. The molecular weight excluding hydrogens is 234 g/mol. The Morgan fingerprint density at radius 2 is 2.33 bits per heavy atom. The van der Waals surface area contributed by atoms with Crippen LogP contribution in [-0.4, -0.2) is 23.9 Å². The zero-order valence-corrected chi connectivity index (χ0v) is 10.1. The van der Waals surface area contributed by atoms with Gasteiger partial charge in [-0.2, -0.15) is 0 Å². The van der Waals surface area contributed by atoms with Gasteiger partial charge in [0.25, 0.3) is 5.69 Å². The molecule has 1 aromatic carbocycles. The van der Waals surface area contributed by atoms with Crippen LogP contribution in [-0.2, 0) is 4.79 Å². The highest BCUT2D eigenvalue weighted by Crippen LogP contribution is 2.25. The first-order chi connectivity index (χ1) is 8.59. The summed E-state index contributed by atoms with van der Waals surface area (Å²) >= 11 is 0. The summed E-state index contributed by atoms with van der Waals surface area (Å²) in [6, 6.07) is 4.69. The van der Waals surface area contributed by atoms with Gasteiger partial charge in [0.2, 0.25) is 5.91 Å². The lowest BCUT2D eigenvalue weighted by molar-refractivity contribution is -0.385. The number of rotatable bonds is 3. The molecule has 0 saturated carbocycles. The maximum Gasteiger partial charge on any atom is 0.274 e. The summed E-state index contributed by atoms with van der Waals surface area (Å²) in [4.78, 5) is 22.3. The number of carbonyl (C=O) groups is 1. The van der Waals surface area contributed by atoms with Gasteiger partial charge in [-0.25, -0.2) is 0 Å². The van der Waals surface area contributed by atoms with E-state index in [4.69, 9.17) is 0 Å². The Morgan fingerprint density at radius 3 is 2.94 bits per heavy atom. The van der Waals surface area contributed by atoms with Crippen molar-refractivity contribution in [1.29, 1.82) is 0 Å². The predicted molar refractivity (Wildman–Crippen MR) is 67.4 cm³/mol. The van der Waals surface area contributed by atoms with E-state index >= 15 is 0 Å². The average molecular weight is 249 g/mol. The highest BCUT2D eigenvalue weighted by molar-refractivity contribution is 5.94. The molecule has 0 radical (unpaired) electrons. The van der Waals surface area contributed by atoms with Crippen LogP contribution < -0.4 is 10.6 Å². The highest BCUT2D eigenvalue weighted by atomic mass is 16.6. The van der Waals surface area contributed by atoms with Gasteiger partial charge in [-0.3, -0.25) is 14.9 Å². The summed E-state index contributed by atoms with van der Waals surface area (Å²) in [6.45, 7) is 3.15. The first-order valence-corrected chi connectivity index (χ1v) is 5.85. The monoisotopic (exact) mass is 249 g/mol. The molecule has 6 heteroatoms. The van der Waals surface area contributed by atoms with Gasteiger partial charge in [0.1, 0.15) is 0 Å². The zero-order valence-electron chi connectivity index (χ0n) is 10.1. The summed E-state index contributed by atoms with van der Waals surface area (Å²) in [6.07, 6.45) is 0.805. The molecule has 1 saturated heterocycles. The van der Waals surface area contributed by atoms with Crippen LogP contribution in [0.25, 0.3) is 0 Å². The predicted octanol–water partition coefficient (Wildman–Crippen LogP) is 1.45. The number of benzene rings is 1. The summed E-state index contributed by atoms with van der Waals surface area (Å²) in [5.41, 5.74) is 1.03. The van der Waals surface area contributed by atoms with E-state index < -0.39 is 4.92 Å². The fourth-order valence-electron chi connectivity index (χ4n) is 2.07. The van der Waals surface area contributed by atoms with Crippen LogP contribution in [0.3, 0.4) is 0 Å². The number of nitro groups is 1. The molecule has 0 aromatic heterocycles. The summed E-state index contributed by atoms with van der Waals surface area (Å²) < 4.78 is 0. The van der Waals surface area contributed by atoms with Crippen LogP contribution in [0.4, 0.5) is 11.4 Å². The lowest BCUT2D eigenvalue weighted by Gasteiger charge is -2.11. The Balaban J connectivity index is 2.16. The molecule has 18 heavy (non-hydrogen) atoms. The van der Waals surface area contributed by atoms with Gasteiger partial charge in [0, 0.05) is 12.6 Å². The molecule has 1 aliphatic rings. The van der Waals surface area contributed by atoms with Crippen LogP contribution in [0.15, 0.2) is 18.2 Å². The minimum atomic E-state index is -0.442. The molecule has 2 N–H and O–H groups in total. The van der Waals surface area contributed by atoms with Crippen molar-refractivity contribution in [2.75, 3.05) is 18.4 Å². The lowest BCUT2D eigenvalue weighted by atomic mass is 10.1. The zero-order chi connectivity index (χ0) is 13.1. The SMILES string of the molecule is Cc1c(NC(=O)C2CCNC2)cccc1[N+](=O)[O-]. The minimum absolute atomic E-state index is 0.0253. The third-order valence-corrected chi connectivity index (χ3v) is 3.19. The van der Waals surface area contributed by atoms with Crippen LogP contribution in [0.2, 0.25) is 0 Å². The third-order valence-electron chi connectivity index (χ3n) is 3.19. The van der Waals surface area contributed by atoms with Gasteiger partial charge in [0.15, 0.2) is 0 Å². The summed E-state index contributed by atoms with van der Waals surface area (Å²) in [7, 11) is 0. The molecule has 0 aliphatic carbocycles. The lowest BCUT2D eigenvalue weighted by Crippen LogP contribution is -2.25. The van der Waals surface area contributed by atoms with E-state index in [0.29, 0.717) is 17.8 Å². The fraction of sp³-hybridized carbons (Fsp3) is 0.417. The third kappa shape index (κ3) is 2.48. The number of carbonyl (C=O) groups excluding carboxylic acids is 1. The van der Waals surface area contributed by atoms with E-state index in [-0.39, 0.29) is 17.5 Å². The molecule has 1 heterocycles. The summed E-state index contributed by atoms with van der Waals surface area (Å²) in [5.74, 6) is -0.132. The van der Waals surface area contributed by atoms with Crippen LogP contribution in [0.1, 0.15) is 12.0 Å². The Kier molecular flexibility index (Phi) is 3.57. The van der Waals surface area contributed by atoms with E-state index in [2.05, 4.69) is 10.6 Å². The smallest absolute Gasteiger partial charge is 0.274 e. The molecule has 1 aliphatic heterocycles. The largest absolute Gasteiger partial charge is 0.325 e. The number of anilines is 1. The van der Waals surface area contributed by atoms with Gasteiger partial charge >= 0.3 is 0 Å². The Labute approximate surface area is 105 Å². The van der Waals surface area contributed by atoms with E-state index in [1.54, 1.807) is 19.1 Å². The normalized spacial score (nSPS) is 18.6. The first kappa shape index (κ1) is 12.5. The standard InChI is InChI=1S/C12H15N3O3/c1-8-10(3-2-4-11(8)15(17)18)14-12(16)9-5-6-13-7-9/h2-4,9,13H,5-7H2,1H3,(H,14,16). The van der Waals surface area contributed by atoms with E-state index in [0.717, 1.165) is 13.0 Å². The van der Waals surface area contributed by atoms with Crippen molar-refractivity contribution >= 4 is 17.3 Å². The molecular formula is C12H15N3O3. The Bertz CT molecular complexity index is 481. The number of nitrogens with zero attached hydrogens (tertiary/aromatic N) is 1. The van der Waals surface area contributed by atoms with Gasteiger partial charge < -0.3 is 10.6 Å². The number of hydrogen-bond donors (Lipinski definition) is 2. The minimum Gasteiger partial charge on any atom is -0.325 e. The van der Waals surface area contributed by atoms with Gasteiger partial charge in [0.05, 0.1) is 22.1 Å². The van der Waals surface area contributed by atoms with Crippen molar-refractivity contribution in [2.45, 2.75) is 13.3 Å². The van der Waals surface area contributed by atoms with Crippen LogP contribution in [0, 0.1) is 23.0 Å². The molecule has 0 bridgehead atoms. The van der Waals surface area contributed by atoms with Crippen molar-refractivity contribution in [1.82, 2.24) is 5.32 Å². The topological polar surface area (TPSA) is 84.3 Å². The van der Waals surface area contributed by atoms with Gasteiger partial charge in [-0.05, 0) is 26.0 Å².